The molecule has 1 aromatic heterocycles. The highest BCUT2D eigenvalue weighted by atomic mass is 35.5. The lowest BCUT2D eigenvalue weighted by atomic mass is 9.78. The molecule has 5 aliphatic rings. The molecule has 6 atom stereocenters. The van der Waals surface area contributed by atoms with E-state index in [2.05, 4.69) is 46.2 Å². The fourth-order valence-electron chi connectivity index (χ4n) is 7.72. The molecule has 7 rings (SSSR count). The van der Waals surface area contributed by atoms with Gasteiger partial charge in [0.2, 0.25) is 11.8 Å². The average Bonchev–Trinajstić information content (AvgIpc) is 3.66. The number of allylic oxidation sites excluding steroid dienone is 2. The molecular weight excluding hydrogens is 492 g/mol. The van der Waals surface area contributed by atoms with Crippen molar-refractivity contribution < 1.29 is 9.59 Å². The van der Waals surface area contributed by atoms with Crippen LogP contribution in [0.2, 0.25) is 0 Å². The first kappa shape index (κ1) is 24.4. The second kappa shape index (κ2) is 9.73. The summed E-state index contributed by atoms with van der Waals surface area (Å²) in [6.07, 6.45) is 10.3. The molecule has 2 saturated heterocycles. The van der Waals surface area contributed by atoms with Crippen LogP contribution in [0.5, 0.6) is 0 Å². The Morgan fingerprint density at radius 2 is 1.50 bits per heavy atom. The zero-order valence-corrected chi connectivity index (χ0v) is 22.3. The third-order valence-electron chi connectivity index (χ3n) is 9.57. The number of piperazine rings is 1. The second-order valence-electron chi connectivity index (χ2n) is 11.4. The third kappa shape index (κ3) is 3.98. The van der Waals surface area contributed by atoms with E-state index >= 15 is 0 Å². The lowest BCUT2D eigenvalue weighted by Gasteiger charge is -2.40. The predicted molar refractivity (Wildman–Crippen MR) is 145 cm³/mol. The summed E-state index contributed by atoms with van der Waals surface area (Å²) < 4.78 is 6.02. The van der Waals surface area contributed by atoms with Crippen LogP contribution in [0, 0.1) is 35.5 Å². The van der Waals surface area contributed by atoms with E-state index in [9.17, 15) is 9.59 Å². The highest BCUT2D eigenvalue weighted by Crippen LogP contribution is 2.52. The Morgan fingerprint density at radius 1 is 0.861 bits per heavy atom. The minimum atomic E-state index is -0.0607. The van der Waals surface area contributed by atoms with Gasteiger partial charge in [-0.3, -0.25) is 19.4 Å². The summed E-state index contributed by atoms with van der Waals surface area (Å²) in [5.41, 5.74) is 0. The van der Waals surface area contributed by atoms with E-state index in [0.29, 0.717) is 30.2 Å². The molecule has 3 aliphatic carbocycles. The topological polar surface area (TPSA) is 56.8 Å². The molecule has 192 valence electrons. The molecule has 36 heavy (non-hydrogen) atoms. The van der Waals surface area contributed by atoms with E-state index in [1.54, 1.807) is 16.4 Å². The molecule has 2 saturated carbocycles. The number of likely N-dealkylation sites (tertiary alicyclic amines) is 1. The lowest BCUT2D eigenvalue weighted by molar-refractivity contribution is -0.142. The normalized spacial score (nSPS) is 34.0. The quantitative estimate of drug-likeness (QED) is 0.425. The number of carbonyl (C=O) groups excluding carboxylic acids is 2. The monoisotopic (exact) mass is 526 g/mol. The number of imide groups is 1. The number of aromatic nitrogens is 1. The van der Waals surface area contributed by atoms with Gasteiger partial charge in [-0.1, -0.05) is 37.1 Å². The van der Waals surface area contributed by atoms with Gasteiger partial charge < -0.3 is 4.90 Å². The van der Waals surface area contributed by atoms with Crippen molar-refractivity contribution >= 4 is 51.7 Å². The third-order valence-corrected chi connectivity index (χ3v) is 10.4. The van der Waals surface area contributed by atoms with Gasteiger partial charge in [-0.25, -0.2) is 0 Å². The molecule has 0 unspecified atom stereocenters. The van der Waals surface area contributed by atoms with Crippen LogP contribution in [-0.2, 0) is 9.59 Å². The first-order chi connectivity index (χ1) is 17.2. The number of benzene rings is 1. The molecule has 6 nitrogen and oxygen atoms in total. The molecular formula is C28H35ClN4O2S. The first-order valence-electron chi connectivity index (χ1n) is 13.5. The van der Waals surface area contributed by atoms with Crippen molar-refractivity contribution in [1.29, 1.82) is 0 Å². The minimum absolute atomic E-state index is 0. The van der Waals surface area contributed by atoms with E-state index in [1.165, 1.54) is 29.3 Å². The van der Waals surface area contributed by atoms with Crippen LogP contribution in [0.25, 0.3) is 10.1 Å². The SMILES string of the molecule is Cl.O=C1[C@@H]2[C@H](C(=O)N1C[C@@H]1CCCC[C@H]1CN1CCN(c3nsc4ccccc34)CC1)[C@@H]1C=C[C@H]2C1. The van der Waals surface area contributed by atoms with Crippen molar-refractivity contribution in [2.45, 2.75) is 32.1 Å². The van der Waals surface area contributed by atoms with Gasteiger partial charge >= 0.3 is 0 Å². The Balaban J connectivity index is 0.00000240. The largest absolute Gasteiger partial charge is 0.353 e. The minimum Gasteiger partial charge on any atom is -0.353 e. The van der Waals surface area contributed by atoms with Crippen molar-refractivity contribution in [3.05, 3.63) is 36.4 Å². The molecule has 2 amide bonds. The lowest BCUT2D eigenvalue weighted by Crippen LogP contribution is -2.49. The van der Waals surface area contributed by atoms with Gasteiger partial charge in [0.1, 0.15) is 5.82 Å². The summed E-state index contributed by atoms with van der Waals surface area (Å²) in [6, 6.07) is 8.52. The molecule has 2 aromatic rings. The maximum atomic E-state index is 13.2. The summed E-state index contributed by atoms with van der Waals surface area (Å²) in [5, 5.41) is 1.27. The van der Waals surface area contributed by atoms with Crippen LogP contribution in [0.15, 0.2) is 36.4 Å². The van der Waals surface area contributed by atoms with Crippen molar-refractivity contribution in [1.82, 2.24) is 14.2 Å². The van der Waals surface area contributed by atoms with E-state index in [4.69, 9.17) is 4.37 Å². The summed E-state index contributed by atoms with van der Waals surface area (Å²) in [5.74, 6) is 2.91. The van der Waals surface area contributed by atoms with Crippen LogP contribution in [-0.4, -0.2) is 65.3 Å². The van der Waals surface area contributed by atoms with E-state index < -0.39 is 0 Å². The second-order valence-corrected chi connectivity index (χ2v) is 12.2. The molecule has 0 N–H and O–H groups in total. The standard InChI is InChI=1S/C28H34N4O2S.ClH/c33-27-24-18-9-10-19(15-18)25(24)28(34)32(27)17-21-6-2-1-5-20(21)16-30-11-13-31(14-12-30)26-22-7-3-4-8-23(22)35-29-26;/h3-4,7-10,18-21,24-25H,1-2,5-6,11-17H2;1H/t18-,19+,20-,21-,24-,25+;/m0./s1. The van der Waals surface area contributed by atoms with E-state index in [0.717, 1.165) is 51.4 Å². The van der Waals surface area contributed by atoms with Crippen molar-refractivity contribution in [3.8, 4) is 0 Å². The summed E-state index contributed by atoms with van der Waals surface area (Å²) >= 11 is 1.59. The van der Waals surface area contributed by atoms with Crippen molar-refractivity contribution in [3.63, 3.8) is 0 Å². The molecule has 1 aromatic carbocycles. The van der Waals surface area contributed by atoms with Crippen molar-refractivity contribution in [2.75, 3.05) is 44.2 Å². The van der Waals surface area contributed by atoms with Gasteiger partial charge in [-0.05, 0) is 66.6 Å². The highest BCUT2D eigenvalue weighted by molar-refractivity contribution is 7.13. The highest BCUT2D eigenvalue weighted by Gasteiger charge is 2.59. The van der Waals surface area contributed by atoms with Gasteiger partial charge in [0.15, 0.2) is 0 Å². The zero-order valence-electron chi connectivity index (χ0n) is 20.6. The fourth-order valence-corrected chi connectivity index (χ4v) is 8.51. The van der Waals surface area contributed by atoms with Crippen molar-refractivity contribution in [2.24, 2.45) is 35.5 Å². The number of hydrogen-bond acceptors (Lipinski definition) is 6. The fraction of sp³-hybridized carbons (Fsp3) is 0.607. The number of fused-ring (bicyclic) bond motifs is 6. The molecule has 4 fully saturated rings. The number of rotatable bonds is 5. The number of anilines is 1. The molecule has 8 heteroatoms. The molecule has 0 radical (unpaired) electrons. The number of nitrogens with zero attached hydrogens (tertiary/aromatic N) is 4. The van der Waals surface area contributed by atoms with Crippen LogP contribution in [0.1, 0.15) is 32.1 Å². The Hall–Kier alpha value is -1.96. The Bertz CT molecular complexity index is 1150. The van der Waals surface area contributed by atoms with Gasteiger partial charge in [-0.15, -0.1) is 12.4 Å². The zero-order chi connectivity index (χ0) is 23.5. The Labute approximate surface area is 223 Å². The molecule has 2 bridgehead atoms. The van der Waals surface area contributed by atoms with Gasteiger partial charge in [0.25, 0.3) is 0 Å². The smallest absolute Gasteiger partial charge is 0.233 e. The van der Waals surface area contributed by atoms with Crippen LogP contribution in [0.3, 0.4) is 0 Å². The Kier molecular flexibility index (Phi) is 6.59. The summed E-state index contributed by atoms with van der Waals surface area (Å²) in [4.78, 5) is 33.2. The van der Waals surface area contributed by atoms with Crippen LogP contribution < -0.4 is 4.90 Å². The van der Waals surface area contributed by atoms with Gasteiger partial charge in [-0.2, -0.15) is 4.37 Å². The number of carbonyl (C=O) groups is 2. The summed E-state index contributed by atoms with van der Waals surface area (Å²) in [6.45, 7) is 5.86. The van der Waals surface area contributed by atoms with E-state index in [-0.39, 0.29) is 36.1 Å². The summed E-state index contributed by atoms with van der Waals surface area (Å²) in [7, 11) is 0. The number of halogens is 1. The van der Waals surface area contributed by atoms with E-state index in [1.807, 2.05) is 0 Å². The van der Waals surface area contributed by atoms with Crippen LogP contribution >= 0.6 is 23.9 Å². The van der Waals surface area contributed by atoms with Gasteiger partial charge in [0.05, 0.1) is 16.5 Å². The number of hydrogen-bond donors (Lipinski definition) is 0. The Morgan fingerprint density at radius 3 is 2.19 bits per heavy atom. The van der Waals surface area contributed by atoms with Gasteiger partial charge in [0, 0.05) is 44.7 Å². The predicted octanol–water partition coefficient (Wildman–Crippen LogP) is 4.45. The maximum absolute atomic E-state index is 13.2. The maximum Gasteiger partial charge on any atom is 0.233 e. The number of amides is 2. The first-order valence-corrected chi connectivity index (χ1v) is 14.3. The van der Waals surface area contributed by atoms with Crippen LogP contribution in [0.4, 0.5) is 5.82 Å². The molecule has 3 heterocycles. The molecule has 2 aliphatic heterocycles. The molecule has 0 spiro atoms. The average molecular weight is 527 g/mol.